The van der Waals surface area contributed by atoms with Crippen LogP contribution >= 0.6 is 0 Å². The molecular weight excluding hydrogens is 308 g/mol. The summed E-state index contributed by atoms with van der Waals surface area (Å²) in [6.45, 7) is 7.34. The summed E-state index contributed by atoms with van der Waals surface area (Å²) in [6.07, 6.45) is 3.82. The Hall–Kier alpha value is -2.09. The molecule has 24 heavy (non-hydrogen) atoms. The van der Waals surface area contributed by atoms with Crippen LogP contribution in [0.3, 0.4) is 0 Å². The average Bonchev–Trinajstić information content (AvgIpc) is 3.23. The maximum Gasteiger partial charge on any atom is 0.234 e. The van der Waals surface area contributed by atoms with E-state index in [4.69, 9.17) is 4.52 Å². The Bertz CT molecular complexity index is 547. The lowest BCUT2D eigenvalue weighted by Gasteiger charge is -2.36. The maximum atomic E-state index is 11.9. The summed E-state index contributed by atoms with van der Waals surface area (Å²) in [7, 11) is 0. The number of piperazine rings is 1. The van der Waals surface area contributed by atoms with Crippen LogP contribution in [-0.2, 0) is 11.3 Å². The summed E-state index contributed by atoms with van der Waals surface area (Å²) in [4.78, 5) is 21.0. The maximum absolute atomic E-state index is 11.9. The first kappa shape index (κ1) is 16.8. The number of nitrogens with one attached hydrogen (secondary N) is 2. The molecule has 1 aliphatic carbocycles. The fourth-order valence-electron chi connectivity index (χ4n) is 2.72. The van der Waals surface area contributed by atoms with Crippen molar-refractivity contribution in [2.45, 2.75) is 32.4 Å². The lowest BCUT2D eigenvalue weighted by atomic mass is 10.3. The Labute approximate surface area is 142 Å². The van der Waals surface area contributed by atoms with Crippen LogP contribution in [0, 0.1) is 0 Å². The molecule has 1 amide bonds. The minimum absolute atomic E-state index is 0.151. The molecule has 0 atom stereocenters. The van der Waals surface area contributed by atoms with Gasteiger partial charge in [-0.1, -0.05) is 5.16 Å². The van der Waals surface area contributed by atoms with Gasteiger partial charge in [0.15, 0.2) is 5.96 Å². The Morgan fingerprint density at radius 1 is 1.38 bits per heavy atom. The lowest BCUT2D eigenvalue weighted by Crippen LogP contribution is -2.54. The number of carbonyl (C=O) groups is 1. The van der Waals surface area contributed by atoms with Gasteiger partial charge in [0.05, 0.1) is 13.1 Å². The molecule has 1 saturated carbocycles. The summed E-state index contributed by atoms with van der Waals surface area (Å²) in [5.74, 6) is 1.04. The van der Waals surface area contributed by atoms with Gasteiger partial charge in [-0.3, -0.25) is 9.69 Å². The van der Waals surface area contributed by atoms with Crippen LogP contribution in [0.15, 0.2) is 21.8 Å². The van der Waals surface area contributed by atoms with Gasteiger partial charge in [-0.25, -0.2) is 4.99 Å². The van der Waals surface area contributed by atoms with Crippen LogP contribution in [0.2, 0.25) is 0 Å². The third-order valence-corrected chi connectivity index (χ3v) is 4.20. The highest BCUT2D eigenvalue weighted by Crippen LogP contribution is 2.18. The smallest absolute Gasteiger partial charge is 0.234 e. The predicted molar refractivity (Wildman–Crippen MR) is 90.5 cm³/mol. The van der Waals surface area contributed by atoms with E-state index >= 15 is 0 Å². The quantitative estimate of drug-likeness (QED) is 0.564. The highest BCUT2D eigenvalue weighted by atomic mass is 16.5. The first-order chi connectivity index (χ1) is 11.7. The number of amides is 1. The second-order valence-electron chi connectivity index (χ2n) is 6.27. The molecule has 0 unspecified atom stereocenters. The first-order valence-electron chi connectivity index (χ1n) is 8.69. The van der Waals surface area contributed by atoms with E-state index in [2.05, 4.69) is 37.5 Å². The zero-order chi connectivity index (χ0) is 16.8. The monoisotopic (exact) mass is 334 g/mol. The summed E-state index contributed by atoms with van der Waals surface area (Å²) in [6, 6.07) is 2.26. The number of aromatic nitrogens is 1. The van der Waals surface area contributed by atoms with Crippen molar-refractivity contribution in [3.8, 4) is 0 Å². The number of nitrogens with zero attached hydrogens (tertiary/aromatic N) is 4. The van der Waals surface area contributed by atoms with Crippen molar-refractivity contribution in [1.82, 2.24) is 25.6 Å². The van der Waals surface area contributed by atoms with E-state index in [0.29, 0.717) is 19.1 Å². The van der Waals surface area contributed by atoms with E-state index in [-0.39, 0.29) is 5.91 Å². The molecule has 8 nitrogen and oxygen atoms in total. The number of rotatable bonds is 6. The van der Waals surface area contributed by atoms with Crippen molar-refractivity contribution in [2.75, 3.05) is 39.3 Å². The van der Waals surface area contributed by atoms with Gasteiger partial charge in [-0.05, 0) is 19.8 Å². The van der Waals surface area contributed by atoms with E-state index < -0.39 is 0 Å². The van der Waals surface area contributed by atoms with Crippen LogP contribution in [0.5, 0.6) is 0 Å². The van der Waals surface area contributed by atoms with Gasteiger partial charge in [0.1, 0.15) is 12.0 Å². The van der Waals surface area contributed by atoms with Gasteiger partial charge in [0, 0.05) is 44.8 Å². The Morgan fingerprint density at radius 3 is 2.79 bits per heavy atom. The van der Waals surface area contributed by atoms with E-state index in [0.717, 1.165) is 57.2 Å². The molecular formula is C16H26N6O2. The molecule has 0 spiro atoms. The van der Waals surface area contributed by atoms with Crippen molar-refractivity contribution in [3.63, 3.8) is 0 Å². The van der Waals surface area contributed by atoms with Gasteiger partial charge in [-0.2, -0.15) is 0 Å². The largest absolute Gasteiger partial charge is 0.364 e. The van der Waals surface area contributed by atoms with Gasteiger partial charge >= 0.3 is 0 Å². The molecule has 1 aromatic heterocycles. The number of aliphatic imine (C=N–C) groups is 1. The molecule has 3 rings (SSSR count). The Balaban J connectivity index is 1.47. The SMILES string of the molecule is CCNC(=NCc1ccon1)N1CCN(CC(=O)NC2CC2)CC1. The van der Waals surface area contributed by atoms with Crippen LogP contribution in [-0.4, -0.2) is 72.1 Å². The third-order valence-electron chi connectivity index (χ3n) is 4.20. The Morgan fingerprint density at radius 2 is 2.17 bits per heavy atom. The average molecular weight is 334 g/mol. The molecule has 1 aromatic rings. The molecule has 0 bridgehead atoms. The van der Waals surface area contributed by atoms with Gasteiger partial charge in [-0.15, -0.1) is 0 Å². The van der Waals surface area contributed by atoms with E-state index in [1.54, 1.807) is 6.26 Å². The molecule has 1 aliphatic heterocycles. The predicted octanol–water partition coefficient (Wildman–Crippen LogP) is 0.0363. The Kier molecular flexibility index (Phi) is 5.68. The van der Waals surface area contributed by atoms with Crippen LogP contribution in [0.1, 0.15) is 25.5 Å². The number of hydrogen-bond donors (Lipinski definition) is 2. The second kappa shape index (κ2) is 8.14. The van der Waals surface area contributed by atoms with E-state index in [1.165, 1.54) is 0 Å². The zero-order valence-electron chi connectivity index (χ0n) is 14.2. The standard InChI is InChI=1S/C16H26N6O2/c1-2-17-16(18-11-14-5-10-24-20-14)22-8-6-21(7-9-22)12-15(23)19-13-3-4-13/h5,10,13H,2-4,6-9,11-12H2,1H3,(H,17,18)(H,19,23). The zero-order valence-corrected chi connectivity index (χ0v) is 14.2. The molecule has 2 heterocycles. The van der Waals surface area contributed by atoms with Crippen LogP contribution in [0.25, 0.3) is 0 Å². The minimum atomic E-state index is 0.151. The van der Waals surface area contributed by atoms with E-state index in [1.807, 2.05) is 6.07 Å². The number of guanidine groups is 1. The summed E-state index contributed by atoms with van der Waals surface area (Å²) in [5.41, 5.74) is 0.820. The van der Waals surface area contributed by atoms with Crippen molar-refractivity contribution in [1.29, 1.82) is 0 Å². The van der Waals surface area contributed by atoms with Gasteiger partial charge in [0.25, 0.3) is 0 Å². The van der Waals surface area contributed by atoms with Crippen LogP contribution in [0.4, 0.5) is 0 Å². The summed E-state index contributed by atoms with van der Waals surface area (Å²) < 4.78 is 4.84. The second-order valence-corrected chi connectivity index (χ2v) is 6.27. The lowest BCUT2D eigenvalue weighted by molar-refractivity contribution is -0.122. The van der Waals surface area contributed by atoms with Gasteiger partial charge < -0.3 is 20.1 Å². The van der Waals surface area contributed by atoms with E-state index in [9.17, 15) is 4.79 Å². The molecule has 8 heteroatoms. The normalized spacial score (nSPS) is 19.4. The fourth-order valence-corrected chi connectivity index (χ4v) is 2.72. The highest BCUT2D eigenvalue weighted by molar-refractivity contribution is 5.80. The van der Waals surface area contributed by atoms with Crippen molar-refractivity contribution in [3.05, 3.63) is 18.0 Å². The molecule has 132 valence electrons. The molecule has 2 fully saturated rings. The molecule has 2 aliphatic rings. The van der Waals surface area contributed by atoms with Gasteiger partial charge in [0.2, 0.25) is 5.91 Å². The van der Waals surface area contributed by atoms with Crippen molar-refractivity contribution >= 4 is 11.9 Å². The minimum Gasteiger partial charge on any atom is -0.364 e. The summed E-state index contributed by atoms with van der Waals surface area (Å²) >= 11 is 0. The topological polar surface area (TPSA) is 86.0 Å². The third kappa shape index (κ3) is 4.95. The summed E-state index contributed by atoms with van der Waals surface area (Å²) in [5, 5.41) is 10.3. The fraction of sp³-hybridized carbons (Fsp3) is 0.688. The molecule has 1 saturated heterocycles. The van der Waals surface area contributed by atoms with Crippen molar-refractivity contribution < 1.29 is 9.32 Å². The molecule has 2 N–H and O–H groups in total. The first-order valence-corrected chi connectivity index (χ1v) is 8.69. The number of carbonyl (C=O) groups excluding carboxylic acids is 1. The van der Waals surface area contributed by atoms with Crippen molar-refractivity contribution in [2.24, 2.45) is 4.99 Å². The highest BCUT2D eigenvalue weighted by Gasteiger charge is 2.25. The number of hydrogen-bond acceptors (Lipinski definition) is 5. The molecule has 0 radical (unpaired) electrons. The molecule has 0 aromatic carbocycles. The van der Waals surface area contributed by atoms with Crippen LogP contribution < -0.4 is 10.6 Å².